The van der Waals surface area contributed by atoms with Gasteiger partial charge in [-0.3, -0.25) is 0 Å². The molecule has 2 aromatic carbocycles. The van der Waals surface area contributed by atoms with E-state index < -0.39 is 22.0 Å². The fourth-order valence-corrected chi connectivity index (χ4v) is 5.57. The van der Waals surface area contributed by atoms with Gasteiger partial charge in [0.05, 0.1) is 10.3 Å². The minimum Gasteiger partial charge on any atom is -0.457 e. The predicted octanol–water partition coefficient (Wildman–Crippen LogP) is 4.89. The second-order valence-electron chi connectivity index (χ2n) is 8.38. The fourth-order valence-electron chi connectivity index (χ4n) is 3.60. The first-order valence-corrected chi connectivity index (χ1v) is 14.2. The van der Waals surface area contributed by atoms with Crippen LogP contribution in [0.3, 0.4) is 0 Å². The zero-order valence-corrected chi connectivity index (χ0v) is 22.5. The van der Waals surface area contributed by atoms with Crippen molar-refractivity contribution in [2.24, 2.45) is 0 Å². The molecule has 2 aromatic heterocycles. The Hall–Kier alpha value is -4.03. The van der Waals surface area contributed by atoms with Crippen molar-refractivity contribution in [1.29, 1.82) is 0 Å². The molecule has 2 amide bonds. The first-order chi connectivity index (χ1) is 18.3. The summed E-state index contributed by atoms with van der Waals surface area (Å²) >= 11 is 1.22. The van der Waals surface area contributed by atoms with Crippen molar-refractivity contribution in [2.45, 2.75) is 38.2 Å². The summed E-state index contributed by atoms with van der Waals surface area (Å²) in [7, 11) is -4.02. The fraction of sp³-hybridized carbons (Fsp3) is 0.231. The van der Waals surface area contributed by atoms with Crippen molar-refractivity contribution in [3.05, 3.63) is 76.9 Å². The largest absolute Gasteiger partial charge is 0.457 e. The molecule has 0 spiro atoms. The van der Waals surface area contributed by atoms with Gasteiger partial charge >= 0.3 is 12.0 Å². The predicted molar refractivity (Wildman–Crippen MR) is 146 cm³/mol. The lowest BCUT2D eigenvalue weighted by atomic mass is 10.2. The van der Waals surface area contributed by atoms with Crippen molar-refractivity contribution in [2.75, 3.05) is 11.9 Å². The summed E-state index contributed by atoms with van der Waals surface area (Å²) in [6, 6.07) is 14.5. The van der Waals surface area contributed by atoms with E-state index in [2.05, 4.69) is 20.6 Å². The number of aromatic nitrogens is 2. The number of amides is 2. The number of hydrogen-bond donors (Lipinski definition) is 3. The summed E-state index contributed by atoms with van der Waals surface area (Å²) < 4.78 is 32.5. The highest BCUT2D eigenvalue weighted by Crippen LogP contribution is 2.35. The molecule has 0 aliphatic carbocycles. The average molecular weight is 554 g/mol. The molecule has 38 heavy (non-hydrogen) atoms. The van der Waals surface area contributed by atoms with Crippen LogP contribution in [0.1, 0.15) is 40.6 Å². The Morgan fingerprint density at radius 1 is 1.03 bits per heavy atom. The number of aryl methyl sites for hydroxylation is 1. The Bertz CT molecular complexity index is 1540. The lowest BCUT2D eigenvalue weighted by Gasteiger charge is -2.10. The van der Waals surface area contributed by atoms with E-state index >= 15 is 0 Å². The van der Waals surface area contributed by atoms with Crippen LogP contribution in [-0.2, 0) is 21.4 Å². The van der Waals surface area contributed by atoms with Crippen molar-refractivity contribution < 1.29 is 22.7 Å². The molecule has 4 aromatic rings. The van der Waals surface area contributed by atoms with Gasteiger partial charge in [-0.2, -0.15) is 0 Å². The van der Waals surface area contributed by atoms with Gasteiger partial charge in [0.25, 0.3) is 10.0 Å². The number of anilines is 2. The third-order valence-corrected chi connectivity index (χ3v) is 8.12. The van der Waals surface area contributed by atoms with Crippen molar-refractivity contribution in [3.8, 4) is 0 Å². The van der Waals surface area contributed by atoms with Gasteiger partial charge in [-0.1, -0.05) is 43.7 Å². The second-order valence-corrected chi connectivity index (χ2v) is 11.1. The van der Waals surface area contributed by atoms with E-state index in [9.17, 15) is 18.0 Å². The number of carbonyl (C=O) groups excluding carboxylic acids is 2. The number of nitrogens with zero attached hydrogens (tertiary/aromatic N) is 2. The molecule has 0 radical (unpaired) electrons. The number of ether oxygens (including phenoxy) is 1. The van der Waals surface area contributed by atoms with Crippen LogP contribution in [0.4, 0.5) is 16.3 Å². The van der Waals surface area contributed by atoms with E-state index in [4.69, 9.17) is 4.74 Å². The third kappa shape index (κ3) is 6.45. The minimum absolute atomic E-state index is 0.0586. The molecule has 2 heterocycles. The van der Waals surface area contributed by atoms with E-state index in [1.165, 1.54) is 29.8 Å². The molecule has 12 heteroatoms. The number of hydrogen-bond acceptors (Lipinski definition) is 9. The lowest BCUT2D eigenvalue weighted by Crippen LogP contribution is -2.39. The number of esters is 1. The molecule has 0 bridgehead atoms. The molecule has 10 nitrogen and oxygen atoms in total. The Kier molecular flexibility index (Phi) is 8.54. The van der Waals surface area contributed by atoms with Gasteiger partial charge in [0.1, 0.15) is 28.5 Å². The zero-order valence-electron chi connectivity index (χ0n) is 20.9. The summed E-state index contributed by atoms with van der Waals surface area (Å²) in [5.74, 6) is 0.0241. The van der Waals surface area contributed by atoms with Gasteiger partial charge in [-0.25, -0.2) is 32.7 Å². The first-order valence-electron chi connectivity index (χ1n) is 11.9. The molecule has 0 saturated heterocycles. The van der Waals surface area contributed by atoms with E-state index in [0.717, 1.165) is 18.4 Å². The SMILES string of the molecule is CCCCNC(=O)NS(=O)(=O)c1ccc(Nc2ncnc3sc(C(=O)OCc4ccccc4)c(C)c23)cc1. The molecular formula is C26H27N5O5S2. The number of sulfonamides is 1. The number of carbonyl (C=O) groups is 2. The van der Waals surface area contributed by atoms with Gasteiger partial charge in [0.15, 0.2) is 0 Å². The molecule has 0 fully saturated rings. The van der Waals surface area contributed by atoms with Crippen LogP contribution in [0.5, 0.6) is 0 Å². The van der Waals surface area contributed by atoms with Gasteiger partial charge in [-0.05, 0) is 48.7 Å². The second kappa shape index (κ2) is 12.0. The summed E-state index contributed by atoms with van der Waals surface area (Å²) in [4.78, 5) is 34.3. The maximum absolute atomic E-state index is 12.8. The third-order valence-electron chi connectivity index (χ3n) is 5.60. The van der Waals surface area contributed by atoms with Crippen molar-refractivity contribution >= 4 is 55.1 Å². The van der Waals surface area contributed by atoms with Crippen LogP contribution in [0.15, 0.2) is 65.8 Å². The topological polar surface area (TPSA) is 139 Å². The Balaban J connectivity index is 1.48. The van der Waals surface area contributed by atoms with Crippen LogP contribution in [0.25, 0.3) is 10.2 Å². The molecule has 0 aliphatic rings. The number of rotatable bonds is 10. The van der Waals surface area contributed by atoms with Crippen molar-refractivity contribution in [3.63, 3.8) is 0 Å². The van der Waals surface area contributed by atoms with Crippen LogP contribution in [0.2, 0.25) is 0 Å². The summed E-state index contributed by atoms with van der Waals surface area (Å²) in [6.45, 7) is 4.33. The van der Waals surface area contributed by atoms with Crippen molar-refractivity contribution in [1.82, 2.24) is 20.0 Å². The molecule has 0 aliphatic heterocycles. The average Bonchev–Trinajstić information content (AvgIpc) is 3.25. The molecular weight excluding hydrogens is 526 g/mol. The van der Waals surface area contributed by atoms with Crippen LogP contribution < -0.4 is 15.4 Å². The maximum Gasteiger partial charge on any atom is 0.349 e. The standard InChI is InChI=1S/C26H27N5O5S2/c1-3-4-14-27-26(33)31-38(34,35)20-12-10-19(11-13-20)30-23-21-17(2)22(37-24(21)29-16-28-23)25(32)36-15-18-8-6-5-7-9-18/h5-13,16H,3-4,14-15H2,1-2H3,(H2,27,31,33)(H,28,29,30). The number of thiophene rings is 1. The first kappa shape index (κ1) is 27.0. The number of fused-ring (bicyclic) bond motifs is 1. The highest BCUT2D eigenvalue weighted by Gasteiger charge is 2.21. The smallest absolute Gasteiger partial charge is 0.349 e. The van der Waals surface area contributed by atoms with E-state index in [0.29, 0.717) is 38.7 Å². The molecule has 0 saturated carbocycles. The quantitative estimate of drug-likeness (QED) is 0.186. The Morgan fingerprint density at radius 2 is 1.76 bits per heavy atom. The zero-order chi connectivity index (χ0) is 27.1. The van der Waals surface area contributed by atoms with E-state index in [1.807, 2.05) is 42.0 Å². The summed E-state index contributed by atoms with van der Waals surface area (Å²) in [5, 5.41) is 6.35. The van der Waals surface area contributed by atoms with Gasteiger partial charge < -0.3 is 15.4 Å². The molecule has 0 atom stereocenters. The van der Waals surface area contributed by atoms with Gasteiger partial charge in [0.2, 0.25) is 0 Å². The van der Waals surface area contributed by atoms with Crippen LogP contribution in [-0.4, -0.2) is 36.9 Å². The molecule has 3 N–H and O–H groups in total. The van der Waals surface area contributed by atoms with Crippen LogP contribution >= 0.6 is 11.3 Å². The van der Waals surface area contributed by atoms with E-state index in [-0.39, 0.29) is 11.5 Å². The Morgan fingerprint density at radius 3 is 2.47 bits per heavy atom. The summed E-state index contributed by atoms with van der Waals surface area (Å²) in [5.41, 5.74) is 2.14. The highest BCUT2D eigenvalue weighted by molar-refractivity contribution is 7.90. The number of benzene rings is 2. The summed E-state index contributed by atoms with van der Waals surface area (Å²) in [6.07, 6.45) is 3.02. The van der Waals surface area contributed by atoms with Gasteiger partial charge in [-0.15, -0.1) is 11.3 Å². The molecule has 4 rings (SSSR count). The molecule has 0 unspecified atom stereocenters. The molecule has 198 valence electrons. The number of unbranched alkanes of at least 4 members (excludes halogenated alkanes) is 1. The lowest BCUT2D eigenvalue weighted by molar-refractivity contribution is 0.0478. The highest BCUT2D eigenvalue weighted by atomic mass is 32.2. The van der Waals surface area contributed by atoms with Gasteiger partial charge in [0, 0.05) is 12.2 Å². The Labute approximate surface area is 224 Å². The van der Waals surface area contributed by atoms with E-state index in [1.54, 1.807) is 19.1 Å². The van der Waals surface area contributed by atoms with Crippen LogP contribution in [0, 0.1) is 6.92 Å². The minimum atomic E-state index is -4.02. The monoisotopic (exact) mass is 553 g/mol. The number of nitrogens with one attached hydrogen (secondary N) is 3. The maximum atomic E-state index is 12.8. The number of urea groups is 1. The normalized spacial score (nSPS) is 11.2.